The number of aliphatic hydroxyl groups excluding tert-OH is 1. The Kier molecular flexibility index (Phi) is 6.75. The van der Waals surface area contributed by atoms with Crippen molar-refractivity contribution in [1.29, 1.82) is 0 Å². The Labute approximate surface area is 86.5 Å². The van der Waals surface area contributed by atoms with Gasteiger partial charge in [0.15, 0.2) is 0 Å². The van der Waals surface area contributed by atoms with Crippen molar-refractivity contribution >= 4 is 5.78 Å². The molecule has 0 amide bonds. The molecule has 0 aliphatic carbocycles. The molecule has 0 aliphatic heterocycles. The molecule has 3 heteroatoms. The van der Waals surface area contributed by atoms with Crippen molar-refractivity contribution in [3.05, 3.63) is 0 Å². The quantitative estimate of drug-likeness (QED) is 0.684. The van der Waals surface area contributed by atoms with Gasteiger partial charge in [-0.05, 0) is 20.3 Å². The molecule has 14 heavy (non-hydrogen) atoms. The smallest absolute Gasteiger partial charge is 0.135 e. The van der Waals surface area contributed by atoms with E-state index in [9.17, 15) is 9.90 Å². The van der Waals surface area contributed by atoms with Crippen LogP contribution in [0.5, 0.6) is 0 Å². The predicted octanol–water partition coefficient (Wildman–Crippen LogP) is 1.78. The summed E-state index contributed by atoms with van der Waals surface area (Å²) < 4.78 is 5.24. The number of ether oxygens (including phenoxy) is 1. The van der Waals surface area contributed by atoms with Crippen LogP contribution in [0.1, 0.15) is 40.5 Å². The third-order valence-electron chi connectivity index (χ3n) is 1.99. The van der Waals surface area contributed by atoms with Crippen molar-refractivity contribution in [3.8, 4) is 0 Å². The molecule has 1 N–H and O–H groups in total. The minimum Gasteiger partial charge on any atom is -0.391 e. The van der Waals surface area contributed by atoms with Crippen molar-refractivity contribution in [2.75, 3.05) is 6.61 Å². The van der Waals surface area contributed by atoms with Gasteiger partial charge in [-0.2, -0.15) is 0 Å². The van der Waals surface area contributed by atoms with Crippen molar-refractivity contribution in [2.45, 2.75) is 52.7 Å². The first kappa shape index (κ1) is 13.6. The molecular formula is C11H22O3. The Morgan fingerprint density at radius 1 is 1.29 bits per heavy atom. The maximum absolute atomic E-state index is 11.2. The molecule has 0 saturated heterocycles. The maximum atomic E-state index is 11.2. The van der Waals surface area contributed by atoms with Gasteiger partial charge in [0.2, 0.25) is 0 Å². The van der Waals surface area contributed by atoms with Crippen LogP contribution < -0.4 is 0 Å². The number of rotatable bonds is 7. The molecule has 0 aromatic rings. The van der Waals surface area contributed by atoms with Gasteiger partial charge in [0, 0.05) is 12.3 Å². The number of aliphatic hydroxyl groups is 1. The Hall–Kier alpha value is -0.410. The Morgan fingerprint density at radius 2 is 1.86 bits per heavy atom. The highest BCUT2D eigenvalue weighted by Gasteiger charge is 2.11. The second-order valence-corrected chi connectivity index (χ2v) is 4.20. The SMILES string of the molecule is CC(C)OCC(O)CCC(=O)C(C)C. The summed E-state index contributed by atoms with van der Waals surface area (Å²) in [6.45, 7) is 7.92. The third-order valence-corrected chi connectivity index (χ3v) is 1.99. The first-order valence-electron chi connectivity index (χ1n) is 5.25. The second kappa shape index (κ2) is 6.96. The van der Waals surface area contributed by atoms with E-state index in [0.717, 1.165) is 0 Å². The highest BCUT2D eigenvalue weighted by molar-refractivity contribution is 5.80. The van der Waals surface area contributed by atoms with Gasteiger partial charge in [-0.15, -0.1) is 0 Å². The van der Waals surface area contributed by atoms with E-state index in [2.05, 4.69) is 0 Å². The fourth-order valence-electron chi connectivity index (χ4n) is 0.984. The van der Waals surface area contributed by atoms with Crippen molar-refractivity contribution < 1.29 is 14.6 Å². The summed E-state index contributed by atoms with van der Waals surface area (Å²) in [5, 5.41) is 9.45. The number of Topliss-reactive ketones (excluding diaryl/α,β-unsaturated/α-hetero) is 1. The molecule has 84 valence electrons. The fraction of sp³-hybridized carbons (Fsp3) is 0.909. The summed E-state index contributed by atoms with van der Waals surface area (Å²) >= 11 is 0. The van der Waals surface area contributed by atoms with Crippen LogP contribution in [0.2, 0.25) is 0 Å². The largest absolute Gasteiger partial charge is 0.391 e. The van der Waals surface area contributed by atoms with Gasteiger partial charge in [0.05, 0.1) is 18.8 Å². The summed E-state index contributed by atoms with van der Waals surface area (Å²) in [6.07, 6.45) is 0.565. The normalized spacial score (nSPS) is 13.6. The van der Waals surface area contributed by atoms with Gasteiger partial charge in [-0.3, -0.25) is 4.79 Å². The number of carbonyl (C=O) groups excluding carboxylic acids is 1. The van der Waals surface area contributed by atoms with E-state index in [4.69, 9.17) is 4.74 Å². The van der Waals surface area contributed by atoms with Gasteiger partial charge in [0.1, 0.15) is 5.78 Å². The minimum absolute atomic E-state index is 0.0632. The first-order chi connectivity index (χ1) is 6.43. The highest BCUT2D eigenvalue weighted by atomic mass is 16.5. The molecule has 0 fully saturated rings. The van der Waals surface area contributed by atoms with E-state index in [0.29, 0.717) is 19.4 Å². The number of hydrogen-bond donors (Lipinski definition) is 1. The molecule has 0 spiro atoms. The number of ketones is 1. The molecule has 1 atom stereocenters. The van der Waals surface area contributed by atoms with Crippen LogP contribution in [0.15, 0.2) is 0 Å². The molecule has 0 heterocycles. The highest BCUT2D eigenvalue weighted by Crippen LogP contribution is 2.05. The molecule has 0 aromatic heterocycles. The summed E-state index contributed by atoms with van der Waals surface area (Å²) in [5.74, 6) is 0.266. The van der Waals surface area contributed by atoms with Gasteiger partial charge in [-0.1, -0.05) is 13.8 Å². The van der Waals surface area contributed by atoms with Crippen LogP contribution in [0.3, 0.4) is 0 Å². The van der Waals surface area contributed by atoms with E-state index in [1.165, 1.54) is 0 Å². The molecule has 0 saturated carbocycles. The van der Waals surface area contributed by atoms with Crippen molar-refractivity contribution in [2.24, 2.45) is 5.92 Å². The number of carbonyl (C=O) groups is 1. The zero-order chi connectivity index (χ0) is 11.1. The maximum Gasteiger partial charge on any atom is 0.135 e. The molecular weight excluding hydrogens is 180 g/mol. The van der Waals surface area contributed by atoms with E-state index in [1.54, 1.807) is 0 Å². The predicted molar refractivity (Wildman–Crippen MR) is 56.2 cm³/mol. The molecule has 0 aromatic carbocycles. The van der Waals surface area contributed by atoms with E-state index in [1.807, 2.05) is 27.7 Å². The Bertz CT molecular complexity index is 164. The van der Waals surface area contributed by atoms with Crippen LogP contribution in [0.4, 0.5) is 0 Å². The fourth-order valence-corrected chi connectivity index (χ4v) is 0.984. The Morgan fingerprint density at radius 3 is 2.29 bits per heavy atom. The lowest BCUT2D eigenvalue weighted by atomic mass is 10.0. The molecule has 0 rings (SSSR count). The van der Waals surface area contributed by atoms with Gasteiger partial charge in [-0.25, -0.2) is 0 Å². The minimum atomic E-state index is -0.514. The summed E-state index contributed by atoms with van der Waals surface area (Å²) in [7, 11) is 0. The average molecular weight is 202 g/mol. The molecule has 0 bridgehead atoms. The Balaban J connectivity index is 3.53. The molecule has 1 unspecified atom stereocenters. The third kappa shape index (κ3) is 7.04. The lowest BCUT2D eigenvalue weighted by Crippen LogP contribution is -2.20. The van der Waals surface area contributed by atoms with Gasteiger partial charge < -0.3 is 9.84 Å². The van der Waals surface area contributed by atoms with Crippen LogP contribution in [0, 0.1) is 5.92 Å². The summed E-state index contributed by atoms with van der Waals surface area (Å²) in [4.78, 5) is 11.2. The van der Waals surface area contributed by atoms with Crippen LogP contribution >= 0.6 is 0 Å². The van der Waals surface area contributed by atoms with Gasteiger partial charge >= 0.3 is 0 Å². The lowest BCUT2D eigenvalue weighted by Gasteiger charge is -2.13. The van der Waals surface area contributed by atoms with E-state index < -0.39 is 6.10 Å². The van der Waals surface area contributed by atoms with Crippen molar-refractivity contribution in [3.63, 3.8) is 0 Å². The van der Waals surface area contributed by atoms with Crippen molar-refractivity contribution in [1.82, 2.24) is 0 Å². The zero-order valence-corrected chi connectivity index (χ0v) is 9.62. The molecule has 0 radical (unpaired) electrons. The lowest BCUT2D eigenvalue weighted by molar-refractivity contribution is -0.122. The average Bonchev–Trinajstić information content (AvgIpc) is 2.10. The van der Waals surface area contributed by atoms with Crippen LogP contribution in [-0.2, 0) is 9.53 Å². The van der Waals surface area contributed by atoms with E-state index >= 15 is 0 Å². The summed E-state index contributed by atoms with van der Waals surface area (Å²) in [6, 6.07) is 0. The van der Waals surface area contributed by atoms with E-state index in [-0.39, 0.29) is 17.8 Å². The summed E-state index contributed by atoms with van der Waals surface area (Å²) in [5.41, 5.74) is 0. The number of hydrogen-bond acceptors (Lipinski definition) is 3. The first-order valence-corrected chi connectivity index (χ1v) is 5.25. The van der Waals surface area contributed by atoms with Gasteiger partial charge in [0.25, 0.3) is 0 Å². The standard InChI is InChI=1S/C11H22O3/c1-8(2)11(13)6-5-10(12)7-14-9(3)4/h8-10,12H,5-7H2,1-4H3. The molecule has 3 nitrogen and oxygen atoms in total. The monoisotopic (exact) mass is 202 g/mol. The zero-order valence-electron chi connectivity index (χ0n) is 9.62. The topological polar surface area (TPSA) is 46.5 Å². The van der Waals surface area contributed by atoms with Crippen LogP contribution in [-0.4, -0.2) is 29.7 Å². The second-order valence-electron chi connectivity index (χ2n) is 4.20. The molecule has 0 aliphatic rings. The van der Waals surface area contributed by atoms with Crippen LogP contribution in [0.25, 0.3) is 0 Å².